The molecular formula is C34H46N5O6S+. The standard InChI is InChI=1S/C34H45N5O6S/c1-10-39-26-14-13-23(25-18-46-27(35-25)16-24(31(41)42)37-32(43)45-33(3,4)5)36-28(26)22(17-34(6,7)19-40)30(39)21-12-11-15-38(8)29(21)20(2)44-9/h11-15,18,20,24,40H,10,16-17,19H2,1-9H3,(H-,37,41,42,43)/p+1/t20-,24-/m0/s1. The summed E-state index contributed by atoms with van der Waals surface area (Å²) in [6.45, 7) is 14.1. The monoisotopic (exact) mass is 652 g/mol. The zero-order chi connectivity index (χ0) is 34.0. The number of aromatic nitrogens is 4. The summed E-state index contributed by atoms with van der Waals surface area (Å²) in [5, 5.41) is 24.9. The van der Waals surface area contributed by atoms with Gasteiger partial charge in [0, 0.05) is 43.7 Å². The van der Waals surface area contributed by atoms with E-state index in [0.29, 0.717) is 29.4 Å². The van der Waals surface area contributed by atoms with Crippen molar-refractivity contribution < 1.29 is 33.8 Å². The van der Waals surface area contributed by atoms with Crippen molar-refractivity contribution in [1.82, 2.24) is 19.9 Å². The minimum atomic E-state index is -1.20. The normalized spacial score (nSPS) is 13.5. The smallest absolute Gasteiger partial charge is 0.408 e. The predicted octanol–water partition coefficient (Wildman–Crippen LogP) is 5.46. The molecule has 0 fully saturated rings. The van der Waals surface area contributed by atoms with Crippen LogP contribution in [0.25, 0.3) is 33.7 Å². The van der Waals surface area contributed by atoms with E-state index < -0.39 is 29.1 Å². The summed E-state index contributed by atoms with van der Waals surface area (Å²) in [4.78, 5) is 34.1. The fourth-order valence-corrected chi connectivity index (χ4v) is 6.39. The van der Waals surface area contributed by atoms with Gasteiger partial charge in [-0.3, -0.25) is 0 Å². The number of ether oxygens (including phenoxy) is 2. The molecule has 1 amide bonds. The second kappa shape index (κ2) is 13.9. The lowest BCUT2D eigenvalue weighted by Gasteiger charge is -2.23. The largest absolute Gasteiger partial charge is 0.480 e. The highest BCUT2D eigenvalue weighted by Crippen LogP contribution is 2.40. The molecule has 46 heavy (non-hydrogen) atoms. The zero-order valence-electron chi connectivity index (χ0n) is 28.2. The third-order valence-corrected chi connectivity index (χ3v) is 8.68. The Balaban J connectivity index is 1.81. The molecule has 4 heterocycles. The lowest BCUT2D eigenvalue weighted by atomic mass is 9.85. The Bertz CT molecular complexity index is 1720. The topological polar surface area (TPSA) is 140 Å². The summed E-state index contributed by atoms with van der Waals surface area (Å²) >= 11 is 1.31. The number of nitrogens with one attached hydrogen (secondary N) is 1. The number of fused-ring (bicyclic) bond motifs is 1. The highest BCUT2D eigenvalue weighted by Gasteiger charge is 2.31. The van der Waals surface area contributed by atoms with E-state index in [1.54, 1.807) is 27.9 Å². The molecule has 4 aromatic heterocycles. The highest BCUT2D eigenvalue weighted by molar-refractivity contribution is 7.10. The number of aryl methyl sites for hydroxylation is 2. The third-order valence-electron chi connectivity index (χ3n) is 7.81. The van der Waals surface area contributed by atoms with Gasteiger partial charge < -0.3 is 29.6 Å². The van der Waals surface area contributed by atoms with Gasteiger partial charge in [-0.1, -0.05) is 13.8 Å². The van der Waals surface area contributed by atoms with E-state index in [4.69, 9.17) is 19.4 Å². The maximum absolute atomic E-state index is 12.3. The maximum atomic E-state index is 12.3. The van der Waals surface area contributed by atoms with Gasteiger partial charge in [0.05, 0.1) is 38.7 Å². The number of carbonyl (C=O) groups excluding carboxylic acids is 1. The van der Waals surface area contributed by atoms with Crippen molar-refractivity contribution in [3.05, 3.63) is 52.1 Å². The van der Waals surface area contributed by atoms with Gasteiger partial charge in [-0.25, -0.2) is 24.1 Å². The molecule has 0 radical (unpaired) electrons. The number of nitrogens with zero attached hydrogens (tertiary/aromatic N) is 4. The van der Waals surface area contributed by atoms with Crippen molar-refractivity contribution in [2.75, 3.05) is 13.7 Å². The molecule has 3 N–H and O–H groups in total. The first-order valence-electron chi connectivity index (χ1n) is 15.4. The van der Waals surface area contributed by atoms with Gasteiger partial charge in [-0.2, -0.15) is 0 Å². The molecule has 0 aliphatic heterocycles. The molecule has 11 nitrogen and oxygen atoms in total. The number of thiazole rings is 1. The second-order valence-corrected chi connectivity index (χ2v) is 14.2. The molecule has 4 rings (SSSR count). The summed E-state index contributed by atoms with van der Waals surface area (Å²) in [7, 11) is 3.72. The highest BCUT2D eigenvalue weighted by atomic mass is 32.1. The number of carbonyl (C=O) groups is 2. The van der Waals surface area contributed by atoms with Crippen LogP contribution in [0.5, 0.6) is 0 Å². The first-order valence-corrected chi connectivity index (χ1v) is 16.3. The van der Waals surface area contributed by atoms with Gasteiger partial charge in [0.2, 0.25) is 5.69 Å². The van der Waals surface area contributed by atoms with Crippen LogP contribution in [0.3, 0.4) is 0 Å². The summed E-state index contributed by atoms with van der Waals surface area (Å²) in [6, 6.07) is 6.91. The lowest BCUT2D eigenvalue weighted by Crippen LogP contribution is -2.44. The molecule has 0 unspecified atom stereocenters. The van der Waals surface area contributed by atoms with E-state index in [-0.39, 0.29) is 19.1 Å². The van der Waals surface area contributed by atoms with E-state index in [0.717, 1.165) is 33.5 Å². The number of aliphatic hydroxyl groups excluding tert-OH is 1. The quantitative estimate of drug-likeness (QED) is 0.172. The fraction of sp³-hybridized carbons (Fsp3) is 0.500. The minimum absolute atomic E-state index is 0.000722. The number of amides is 1. The van der Waals surface area contributed by atoms with Gasteiger partial charge in [-0.05, 0) is 64.7 Å². The molecule has 0 spiro atoms. The van der Waals surface area contributed by atoms with E-state index in [9.17, 15) is 19.8 Å². The van der Waals surface area contributed by atoms with E-state index in [1.165, 1.54) is 11.3 Å². The average molecular weight is 653 g/mol. The molecule has 12 heteroatoms. The molecule has 0 aromatic carbocycles. The van der Waals surface area contributed by atoms with Crippen LogP contribution in [0, 0.1) is 5.41 Å². The van der Waals surface area contributed by atoms with Gasteiger partial charge in [0.1, 0.15) is 24.8 Å². The summed E-state index contributed by atoms with van der Waals surface area (Å²) < 4.78 is 15.4. The number of pyridine rings is 2. The van der Waals surface area contributed by atoms with Crippen molar-refractivity contribution in [2.45, 2.75) is 85.6 Å². The SMILES string of the molecule is CCn1c(-c2ccc[n+](C)c2[C@H](C)OC)c(CC(C)(C)CO)c2nc(-c3csc(C[C@H](NC(=O)OC(C)(C)C)C(=O)O)n3)ccc21. The Morgan fingerprint density at radius 3 is 2.46 bits per heavy atom. The number of methoxy groups -OCH3 is 1. The summed E-state index contributed by atoms with van der Waals surface area (Å²) in [5.74, 6) is -1.18. The zero-order valence-corrected chi connectivity index (χ0v) is 29.0. The Morgan fingerprint density at radius 2 is 1.85 bits per heavy atom. The lowest BCUT2D eigenvalue weighted by molar-refractivity contribution is -0.682. The van der Waals surface area contributed by atoms with Crippen molar-refractivity contribution in [2.24, 2.45) is 12.5 Å². The number of hydrogen-bond acceptors (Lipinski definition) is 8. The van der Waals surface area contributed by atoms with Crippen LogP contribution in [0.4, 0.5) is 4.79 Å². The predicted molar refractivity (Wildman–Crippen MR) is 178 cm³/mol. The van der Waals surface area contributed by atoms with Crippen molar-refractivity contribution in [3.63, 3.8) is 0 Å². The van der Waals surface area contributed by atoms with Crippen LogP contribution in [0.15, 0.2) is 35.8 Å². The van der Waals surface area contributed by atoms with Gasteiger partial charge in [0.25, 0.3) is 0 Å². The van der Waals surface area contributed by atoms with Gasteiger partial charge >= 0.3 is 12.1 Å². The van der Waals surface area contributed by atoms with Crippen LogP contribution in [-0.4, -0.2) is 62.2 Å². The number of aliphatic hydroxyl groups is 1. The minimum Gasteiger partial charge on any atom is -0.480 e. The first-order chi connectivity index (χ1) is 21.6. The maximum Gasteiger partial charge on any atom is 0.408 e. The van der Waals surface area contributed by atoms with Crippen LogP contribution in [-0.2, 0) is 40.7 Å². The first kappa shape index (κ1) is 35.0. The van der Waals surface area contributed by atoms with Gasteiger partial charge in [0.15, 0.2) is 6.20 Å². The Hall–Kier alpha value is -3.87. The molecule has 4 aromatic rings. The van der Waals surface area contributed by atoms with Gasteiger partial charge in [-0.15, -0.1) is 11.3 Å². The average Bonchev–Trinajstić information content (AvgIpc) is 3.57. The number of carboxylic acid groups (broad SMARTS) is 1. The molecule has 0 aliphatic carbocycles. The van der Waals surface area contributed by atoms with Crippen molar-refractivity contribution in [3.8, 4) is 22.6 Å². The summed E-state index contributed by atoms with van der Waals surface area (Å²) in [6.07, 6.45) is 1.63. The number of carboxylic acids is 1. The van der Waals surface area contributed by atoms with Crippen molar-refractivity contribution in [1.29, 1.82) is 0 Å². The molecule has 0 saturated carbocycles. The van der Waals surface area contributed by atoms with Crippen LogP contribution >= 0.6 is 11.3 Å². The molecule has 248 valence electrons. The van der Waals surface area contributed by atoms with Crippen LogP contribution in [0.2, 0.25) is 0 Å². The fourth-order valence-electron chi connectivity index (χ4n) is 5.56. The Labute approximate surface area is 274 Å². The van der Waals surface area contributed by atoms with Crippen LogP contribution < -0.4 is 9.88 Å². The van der Waals surface area contributed by atoms with E-state index in [1.807, 2.05) is 57.6 Å². The Kier molecular flexibility index (Phi) is 10.5. The Morgan fingerprint density at radius 1 is 1.13 bits per heavy atom. The summed E-state index contributed by atoms with van der Waals surface area (Å²) in [5.41, 5.74) is 6.01. The van der Waals surface area contributed by atoms with E-state index >= 15 is 0 Å². The second-order valence-electron chi connectivity index (χ2n) is 13.3. The van der Waals surface area contributed by atoms with E-state index in [2.05, 4.69) is 27.4 Å². The molecule has 0 aliphatic rings. The number of hydrogen-bond donors (Lipinski definition) is 3. The third kappa shape index (κ3) is 7.73. The molecular weight excluding hydrogens is 606 g/mol. The number of aliphatic carboxylic acids is 1. The molecule has 2 atom stereocenters. The molecule has 0 saturated heterocycles. The van der Waals surface area contributed by atoms with Crippen molar-refractivity contribution >= 4 is 34.4 Å². The number of alkyl carbamates (subject to hydrolysis) is 1. The van der Waals surface area contributed by atoms with Crippen LogP contribution in [0.1, 0.15) is 70.8 Å². The number of rotatable bonds is 12. The molecule has 0 bridgehead atoms.